The van der Waals surface area contributed by atoms with Gasteiger partial charge in [0.25, 0.3) is 0 Å². The van der Waals surface area contributed by atoms with Crippen molar-refractivity contribution in [3.05, 3.63) is 0 Å². The zero-order valence-electron chi connectivity index (χ0n) is 13.5. The molecule has 0 amide bonds. The summed E-state index contributed by atoms with van der Waals surface area (Å²) in [5.74, 6) is 0.789. The van der Waals surface area contributed by atoms with Crippen LogP contribution in [0.25, 0.3) is 0 Å². The smallest absolute Gasteiger partial charge is 0.0540 e. The van der Waals surface area contributed by atoms with Gasteiger partial charge in [-0.2, -0.15) is 0 Å². The highest BCUT2D eigenvalue weighted by Gasteiger charge is 2.15. The maximum absolute atomic E-state index is 9.89. The van der Waals surface area contributed by atoms with Crippen LogP contribution in [0, 0.1) is 11.3 Å². The van der Waals surface area contributed by atoms with E-state index in [1.807, 2.05) is 0 Å². The first-order valence-corrected chi connectivity index (χ1v) is 8.03. The molecule has 0 fully saturated rings. The zero-order chi connectivity index (χ0) is 14.0. The highest BCUT2D eigenvalue weighted by atomic mass is 16.3. The predicted molar refractivity (Wildman–Crippen MR) is 81.9 cm³/mol. The SMILES string of the molecule is CCCCCCC(O)CCCC(C)CC(C)(C)C. The molecule has 0 spiro atoms. The molecular formula is C17H36O. The molecule has 0 radical (unpaired) electrons. The molecule has 1 heteroatoms. The number of unbranched alkanes of at least 4 members (excludes halogenated alkanes) is 3. The van der Waals surface area contributed by atoms with E-state index in [-0.39, 0.29) is 6.10 Å². The van der Waals surface area contributed by atoms with Crippen molar-refractivity contribution in [2.24, 2.45) is 11.3 Å². The molecule has 1 N–H and O–H groups in total. The third-order valence-corrected chi connectivity index (χ3v) is 3.59. The number of aliphatic hydroxyl groups is 1. The van der Waals surface area contributed by atoms with E-state index in [0.717, 1.165) is 18.8 Å². The van der Waals surface area contributed by atoms with Crippen molar-refractivity contribution in [1.82, 2.24) is 0 Å². The molecule has 0 aromatic carbocycles. The van der Waals surface area contributed by atoms with Crippen LogP contribution >= 0.6 is 0 Å². The molecule has 110 valence electrons. The van der Waals surface area contributed by atoms with E-state index < -0.39 is 0 Å². The second-order valence-electron chi connectivity index (χ2n) is 7.30. The maximum Gasteiger partial charge on any atom is 0.0540 e. The minimum Gasteiger partial charge on any atom is -0.393 e. The van der Waals surface area contributed by atoms with Gasteiger partial charge in [0.1, 0.15) is 0 Å². The molecule has 0 saturated heterocycles. The fourth-order valence-corrected chi connectivity index (χ4v) is 2.80. The molecule has 0 rings (SSSR count). The van der Waals surface area contributed by atoms with Crippen LogP contribution in [-0.2, 0) is 0 Å². The van der Waals surface area contributed by atoms with Crippen molar-refractivity contribution in [2.75, 3.05) is 0 Å². The lowest BCUT2D eigenvalue weighted by Crippen LogP contribution is -2.12. The summed E-state index contributed by atoms with van der Waals surface area (Å²) in [5, 5.41) is 9.89. The molecule has 18 heavy (non-hydrogen) atoms. The lowest BCUT2D eigenvalue weighted by molar-refractivity contribution is 0.144. The van der Waals surface area contributed by atoms with Crippen LogP contribution in [0.1, 0.15) is 92.4 Å². The summed E-state index contributed by atoms with van der Waals surface area (Å²) in [7, 11) is 0. The first-order chi connectivity index (χ1) is 8.35. The van der Waals surface area contributed by atoms with E-state index in [9.17, 15) is 5.11 Å². The average Bonchev–Trinajstić information content (AvgIpc) is 2.22. The van der Waals surface area contributed by atoms with Crippen molar-refractivity contribution in [3.63, 3.8) is 0 Å². The zero-order valence-corrected chi connectivity index (χ0v) is 13.5. The van der Waals surface area contributed by atoms with E-state index in [1.165, 1.54) is 44.9 Å². The standard InChI is InChI=1S/C17H36O/c1-6-7-8-9-12-16(18)13-10-11-15(2)14-17(3,4)5/h15-16,18H,6-14H2,1-5H3. The average molecular weight is 256 g/mol. The summed E-state index contributed by atoms with van der Waals surface area (Å²) in [6.07, 6.45) is 10.8. The van der Waals surface area contributed by atoms with Gasteiger partial charge in [-0.05, 0) is 30.6 Å². The fraction of sp³-hybridized carbons (Fsp3) is 1.00. The Balaban J connectivity index is 3.47. The Morgan fingerprint density at radius 1 is 0.889 bits per heavy atom. The highest BCUT2D eigenvalue weighted by Crippen LogP contribution is 2.27. The molecule has 0 aliphatic carbocycles. The van der Waals surface area contributed by atoms with Crippen LogP contribution in [0.3, 0.4) is 0 Å². The Kier molecular flexibility index (Phi) is 9.81. The molecule has 1 nitrogen and oxygen atoms in total. The lowest BCUT2D eigenvalue weighted by atomic mass is 9.83. The minimum absolute atomic E-state index is 0.0521. The molecular weight excluding hydrogens is 220 g/mol. The predicted octanol–water partition coefficient (Wildman–Crippen LogP) is 5.56. The van der Waals surface area contributed by atoms with Gasteiger partial charge in [0.2, 0.25) is 0 Å². The summed E-state index contributed by atoms with van der Waals surface area (Å²) < 4.78 is 0. The van der Waals surface area contributed by atoms with Crippen LogP contribution in [0.5, 0.6) is 0 Å². The first kappa shape index (κ1) is 18.0. The van der Waals surface area contributed by atoms with Crippen molar-refractivity contribution >= 4 is 0 Å². The number of hydrogen-bond acceptors (Lipinski definition) is 1. The molecule has 0 saturated carbocycles. The van der Waals surface area contributed by atoms with E-state index in [1.54, 1.807) is 0 Å². The topological polar surface area (TPSA) is 20.2 Å². The van der Waals surface area contributed by atoms with Gasteiger partial charge in [-0.25, -0.2) is 0 Å². The van der Waals surface area contributed by atoms with E-state index >= 15 is 0 Å². The van der Waals surface area contributed by atoms with E-state index in [4.69, 9.17) is 0 Å². The summed E-state index contributed by atoms with van der Waals surface area (Å²) in [6, 6.07) is 0. The molecule has 2 atom stereocenters. The molecule has 0 aliphatic heterocycles. The van der Waals surface area contributed by atoms with Gasteiger partial charge < -0.3 is 5.11 Å². The van der Waals surface area contributed by atoms with Gasteiger partial charge in [0.05, 0.1) is 6.10 Å². The Bertz CT molecular complexity index is 181. The van der Waals surface area contributed by atoms with Crippen LogP contribution in [0.15, 0.2) is 0 Å². The summed E-state index contributed by atoms with van der Waals surface area (Å²) in [4.78, 5) is 0. The van der Waals surface area contributed by atoms with Crippen molar-refractivity contribution < 1.29 is 5.11 Å². The van der Waals surface area contributed by atoms with Crippen LogP contribution in [0.4, 0.5) is 0 Å². The third kappa shape index (κ3) is 12.4. The molecule has 0 heterocycles. The summed E-state index contributed by atoms with van der Waals surface area (Å²) in [5.41, 5.74) is 0.443. The van der Waals surface area contributed by atoms with Gasteiger partial charge in [-0.3, -0.25) is 0 Å². The van der Waals surface area contributed by atoms with Gasteiger partial charge >= 0.3 is 0 Å². The van der Waals surface area contributed by atoms with Crippen LogP contribution in [-0.4, -0.2) is 11.2 Å². The first-order valence-electron chi connectivity index (χ1n) is 8.03. The second kappa shape index (κ2) is 9.83. The molecule has 0 bridgehead atoms. The van der Waals surface area contributed by atoms with Crippen molar-refractivity contribution in [1.29, 1.82) is 0 Å². The number of hydrogen-bond donors (Lipinski definition) is 1. The van der Waals surface area contributed by atoms with Crippen molar-refractivity contribution in [2.45, 2.75) is 98.5 Å². The highest BCUT2D eigenvalue weighted by molar-refractivity contribution is 4.67. The normalized spacial score (nSPS) is 15.7. The lowest BCUT2D eigenvalue weighted by Gasteiger charge is -2.23. The Labute approximate surface area is 115 Å². The minimum atomic E-state index is -0.0521. The second-order valence-corrected chi connectivity index (χ2v) is 7.30. The maximum atomic E-state index is 9.89. The Morgan fingerprint density at radius 3 is 2.06 bits per heavy atom. The Morgan fingerprint density at radius 2 is 1.50 bits per heavy atom. The third-order valence-electron chi connectivity index (χ3n) is 3.59. The molecule has 0 aromatic rings. The van der Waals surface area contributed by atoms with Gasteiger partial charge in [-0.1, -0.05) is 73.1 Å². The van der Waals surface area contributed by atoms with Gasteiger partial charge in [0.15, 0.2) is 0 Å². The van der Waals surface area contributed by atoms with Crippen molar-refractivity contribution in [3.8, 4) is 0 Å². The summed E-state index contributed by atoms with van der Waals surface area (Å²) >= 11 is 0. The Hall–Kier alpha value is -0.0400. The number of aliphatic hydroxyl groups excluding tert-OH is 1. The van der Waals surface area contributed by atoms with Gasteiger partial charge in [-0.15, -0.1) is 0 Å². The monoisotopic (exact) mass is 256 g/mol. The molecule has 2 unspecified atom stereocenters. The quantitative estimate of drug-likeness (QED) is 0.507. The fourth-order valence-electron chi connectivity index (χ4n) is 2.80. The van der Waals surface area contributed by atoms with Crippen LogP contribution < -0.4 is 0 Å². The molecule has 0 aromatic heterocycles. The van der Waals surface area contributed by atoms with Gasteiger partial charge in [0, 0.05) is 0 Å². The molecule has 0 aliphatic rings. The number of rotatable bonds is 10. The van der Waals surface area contributed by atoms with Crippen LogP contribution in [0.2, 0.25) is 0 Å². The summed E-state index contributed by atoms with van der Waals surface area (Å²) in [6.45, 7) is 11.5. The largest absolute Gasteiger partial charge is 0.393 e. The van der Waals surface area contributed by atoms with E-state index in [0.29, 0.717) is 5.41 Å². The van der Waals surface area contributed by atoms with E-state index in [2.05, 4.69) is 34.6 Å².